The lowest BCUT2D eigenvalue weighted by molar-refractivity contribution is -0.131. The molecule has 1 fully saturated rings. The molecule has 3 aromatic rings. The number of aromatic nitrogens is 4. The molecule has 6 nitrogen and oxygen atoms in total. The van der Waals surface area contributed by atoms with Crippen LogP contribution < -0.4 is 0 Å². The predicted molar refractivity (Wildman–Crippen MR) is 93.8 cm³/mol. The molecule has 1 aliphatic rings. The van der Waals surface area contributed by atoms with Crippen molar-refractivity contribution in [1.82, 2.24) is 24.8 Å². The smallest absolute Gasteiger partial charge is 0.227 e. The average molecular weight is 333 g/mol. The molecule has 126 valence electrons. The van der Waals surface area contributed by atoms with E-state index in [1.165, 1.54) is 6.33 Å². The number of carbonyl (C=O) groups excluding carboxylic acids is 1. The van der Waals surface area contributed by atoms with E-state index in [0.29, 0.717) is 12.3 Å². The summed E-state index contributed by atoms with van der Waals surface area (Å²) in [5, 5.41) is 1.06. The molecule has 0 radical (unpaired) electrons. The summed E-state index contributed by atoms with van der Waals surface area (Å²) in [6.07, 6.45) is 8.88. The number of pyridine rings is 2. The Morgan fingerprint density at radius 2 is 1.92 bits per heavy atom. The zero-order valence-electron chi connectivity index (χ0n) is 13.9. The van der Waals surface area contributed by atoms with Gasteiger partial charge in [0.1, 0.15) is 6.33 Å². The number of likely N-dealkylation sites (tertiary alicyclic amines) is 1. The van der Waals surface area contributed by atoms with Crippen molar-refractivity contribution in [2.75, 3.05) is 13.1 Å². The first kappa shape index (κ1) is 15.6. The van der Waals surface area contributed by atoms with Crippen LogP contribution >= 0.6 is 0 Å². The van der Waals surface area contributed by atoms with Crippen molar-refractivity contribution in [1.29, 1.82) is 0 Å². The highest BCUT2D eigenvalue weighted by molar-refractivity contribution is 5.78. The molecule has 0 aliphatic carbocycles. The number of carbonyl (C=O) groups is 1. The fourth-order valence-corrected chi connectivity index (χ4v) is 3.33. The molecule has 0 N–H and O–H groups in total. The third kappa shape index (κ3) is 3.47. The summed E-state index contributed by atoms with van der Waals surface area (Å²) in [5.41, 5.74) is 2.73. The maximum absolute atomic E-state index is 12.4. The van der Waals surface area contributed by atoms with Gasteiger partial charge in [-0.15, -0.1) is 0 Å². The topological polar surface area (TPSA) is 71.9 Å². The molecule has 0 unspecified atom stereocenters. The van der Waals surface area contributed by atoms with Crippen LogP contribution in [-0.2, 0) is 11.2 Å². The average Bonchev–Trinajstić information content (AvgIpc) is 2.68. The van der Waals surface area contributed by atoms with Crippen molar-refractivity contribution < 1.29 is 4.79 Å². The Kier molecular flexibility index (Phi) is 4.33. The van der Waals surface area contributed by atoms with Gasteiger partial charge in [0.15, 0.2) is 5.65 Å². The lowest BCUT2D eigenvalue weighted by atomic mass is 9.92. The number of piperidine rings is 1. The zero-order chi connectivity index (χ0) is 17.1. The first-order chi connectivity index (χ1) is 12.3. The molecule has 25 heavy (non-hydrogen) atoms. The Balaban J connectivity index is 1.39. The summed E-state index contributed by atoms with van der Waals surface area (Å²) in [6, 6.07) is 8.12. The summed E-state index contributed by atoms with van der Waals surface area (Å²) >= 11 is 0. The maximum Gasteiger partial charge on any atom is 0.227 e. The number of nitrogens with zero attached hydrogens (tertiary/aromatic N) is 5. The standard InChI is InChI=1S/C19H19N5O/c25-18(10-14-11-20-13-21-12-14)24-8-5-15(6-9-24)17-4-3-16-2-1-7-22-19(16)23-17/h1-4,7,11-13,15H,5-6,8-10H2. The van der Waals surface area contributed by atoms with Crippen LogP contribution in [0.5, 0.6) is 0 Å². The van der Waals surface area contributed by atoms with Gasteiger partial charge in [0.2, 0.25) is 5.91 Å². The summed E-state index contributed by atoms with van der Waals surface area (Å²) in [4.78, 5) is 31.3. The Morgan fingerprint density at radius 1 is 1.12 bits per heavy atom. The van der Waals surface area contributed by atoms with Crippen molar-refractivity contribution in [2.24, 2.45) is 0 Å². The maximum atomic E-state index is 12.4. The molecule has 0 bridgehead atoms. The molecule has 4 rings (SSSR count). The first-order valence-electron chi connectivity index (χ1n) is 8.53. The largest absolute Gasteiger partial charge is 0.342 e. The molecular weight excluding hydrogens is 314 g/mol. The molecule has 1 saturated heterocycles. The van der Waals surface area contributed by atoms with Gasteiger partial charge < -0.3 is 4.90 Å². The Labute approximate surface area is 146 Å². The van der Waals surface area contributed by atoms with E-state index in [9.17, 15) is 4.79 Å². The van der Waals surface area contributed by atoms with Gasteiger partial charge in [0.25, 0.3) is 0 Å². The summed E-state index contributed by atoms with van der Waals surface area (Å²) in [6.45, 7) is 1.53. The van der Waals surface area contributed by atoms with Crippen LogP contribution in [0.3, 0.4) is 0 Å². The molecular formula is C19H19N5O. The van der Waals surface area contributed by atoms with Gasteiger partial charge in [-0.25, -0.2) is 19.9 Å². The Morgan fingerprint density at radius 3 is 2.72 bits per heavy atom. The third-order valence-electron chi connectivity index (χ3n) is 4.72. The van der Waals surface area contributed by atoms with E-state index in [2.05, 4.69) is 27.1 Å². The SMILES string of the molecule is O=C(Cc1cncnc1)N1CCC(c2ccc3cccnc3n2)CC1. The molecule has 4 heterocycles. The highest BCUT2D eigenvalue weighted by atomic mass is 16.2. The summed E-state index contributed by atoms with van der Waals surface area (Å²) < 4.78 is 0. The number of fused-ring (bicyclic) bond motifs is 1. The molecule has 6 heteroatoms. The first-order valence-corrected chi connectivity index (χ1v) is 8.53. The van der Waals surface area contributed by atoms with Gasteiger partial charge in [-0.1, -0.05) is 0 Å². The van der Waals surface area contributed by atoms with E-state index in [-0.39, 0.29) is 5.91 Å². The minimum absolute atomic E-state index is 0.140. The number of hydrogen-bond donors (Lipinski definition) is 0. The molecule has 3 aromatic heterocycles. The second-order valence-corrected chi connectivity index (χ2v) is 6.36. The molecule has 1 aliphatic heterocycles. The fraction of sp³-hybridized carbons (Fsp3) is 0.316. The zero-order valence-corrected chi connectivity index (χ0v) is 13.9. The van der Waals surface area contributed by atoms with Gasteiger partial charge in [-0.3, -0.25) is 4.79 Å². The van der Waals surface area contributed by atoms with Gasteiger partial charge >= 0.3 is 0 Å². The van der Waals surface area contributed by atoms with Crippen LogP contribution in [0.15, 0.2) is 49.2 Å². The van der Waals surface area contributed by atoms with Crippen molar-refractivity contribution in [3.8, 4) is 0 Å². The van der Waals surface area contributed by atoms with Gasteiger partial charge in [-0.05, 0) is 42.7 Å². The highest BCUT2D eigenvalue weighted by Gasteiger charge is 2.24. The van der Waals surface area contributed by atoms with Crippen LogP contribution in [0.25, 0.3) is 11.0 Å². The third-order valence-corrected chi connectivity index (χ3v) is 4.72. The lowest BCUT2D eigenvalue weighted by Crippen LogP contribution is -2.39. The molecule has 0 saturated carbocycles. The van der Waals surface area contributed by atoms with E-state index >= 15 is 0 Å². The van der Waals surface area contributed by atoms with Gasteiger partial charge in [-0.2, -0.15) is 0 Å². The second-order valence-electron chi connectivity index (χ2n) is 6.36. The van der Waals surface area contributed by atoms with E-state index in [1.807, 2.05) is 17.0 Å². The molecule has 0 atom stereocenters. The quantitative estimate of drug-likeness (QED) is 0.736. The minimum atomic E-state index is 0.140. The second kappa shape index (κ2) is 6.93. The van der Waals surface area contributed by atoms with E-state index in [0.717, 1.165) is 48.2 Å². The van der Waals surface area contributed by atoms with Crippen LogP contribution in [0.2, 0.25) is 0 Å². The summed E-state index contributed by atoms with van der Waals surface area (Å²) in [5.74, 6) is 0.525. The van der Waals surface area contributed by atoms with Gasteiger partial charge in [0.05, 0.1) is 6.42 Å². The number of rotatable bonds is 3. The number of amides is 1. The predicted octanol–water partition coefficient (Wildman–Crippen LogP) is 2.37. The minimum Gasteiger partial charge on any atom is -0.342 e. The molecule has 0 aromatic carbocycles. The molecule has 0 spiro atoms. The van der Waals surface area contributed by atoms with Crippen molar-refractivity contribution >= 4 is 16.9 Å². The van der Waals surface area contributed by atoms with Crippen LogP contribution in [0.1, 0.15) is 30.0 Å². The van der Waals surface area contributed by atoms with Crippen LogP contribution in [-0.4, -0.2) is 43.8 Å². The van der Waals surface area contributed by atoms with E-state index in [1.54, 1.807) is 18.6 Å². The van der Waals surface area contributed by atoms with E-state index < -0.39 is 0 Å². The Bertz CT molecular complexity index is 875. The lowest BCUT2D eigenvalue weighted by Gasteiger charge is -2.31. The fourth-order valence-electron chi connectivity index (χ4n) is 3.33. The highest BCUT2D eigenvalue weighted by Crippen LogP contribution is 2.28. The Hall–Kier alpha value is -2.89. The normalized spacial score (nSPS) is 15.4. The van der Waals surface area contributed by atoms with Gasteiger partial charge in [0, 0.05) is 48.7 Å². The van der Waals surface area contributed by atoms with Crippen molar-refractivity contribution in [2.45, 2.75) is 25.2 Å². The van der Waals surface area contributed by atoms with Crippen molar-refractivity contribution in [3.63, 3.8) is 0 Å². The van der Waals surface area contributed by atoms with Crippen LogP contribution in [0, 0.1) is 0 Å². The summed E-state index contributed by atoms with van der Waals surface area (Å²) in [7, 11) is 0. The van der Waals surface area contributed by atoms with Crippen molar-refractivity contribution in [3.05, 3.63) is 60.4 Å². The molecule has 1 amide bonds. The number of hydrogen-bond acceptors (Lipinski definition) is 5. The monoisotopic (exact) mass is 333 g/mol. The van der Waals surface area contributed by atoms with Crippen LogP contribution in [0.4, 0.5) is 0 Å². The van der Waals surface area contributed by atoms with E-state index in [4.69, 9.17) is 4.98 Å².